The van der Waals surface area contributed by atoms with Crippen molar-refractivity contribution in [1.29, 1.82) is 0 Å². The van der Waals surface area contributed by atoms with Crippen LogP contribution in [0.25, 0.3) is 0 Å². The molecule has 0 heterocycles. The lowest BCUT2D eigenvalue weighted by Crippen LogP contribution is -1.95. The van der Waals surface area contributed by atoms with Gasteiger partial charge in [-0.15, -0.1) is 12.3 Å². The van der Waals surface area contributed by atoms with Gasteiger partial charge in [0.25, 0.3) is 0 Å². The Morgan fingerprint density at radius 3 is 2.17 bits per heavy atom. The summed E-state index contributed by atoms with van der Waals surface area (Å²) in [5.41, 5.74) is 2.02. The number of rotatable bonds is 4. The molecule has 2 rings (SSSR count). The minimum Gasteiger partial charge on any atom is -0.489 e. The van der Waals surface area contributed by atoms with Crippen LogP contribution in [0.4, 0.5) is 4.39 Å². The molecule has 0 aliphatic heterocycles. The molecule has 0 aliphatic carbocycles. The molecule has 0 aliphatic rings. The van der Waals surface area contributed by atoms with Crippen molar-refractivity contribution in [2.24, 2.45) is 0 Å². The van der Waals surface area contributed by atoms with Gasteiger partial charge in [-0.05, 0) is 35.4 Å². The maximum absolute atomic E-state index is 12.7. The van der Waals surface area contributed by atoms with Crippen molar-refractivity contribution in [2.45, 2.75) is 13.0 Å². The minimum atomic E-state index is -0.239. The first-order valence-electron chi connectivity index (χ1n) is 5.67. The average Bonchev–Trinajstić information content (AvgIpc) is 2.40. The lowest BCUT2D eigenvalue weighted by atomic mass is 10.1. The van der Waals surface area contributed by atoms with Crippen molar-refractivity contribution in [1.82, 2.24) is 0 Å². The molecule has 0 saturated carbocycles. The molecule has 0 amide bonds. The topological polar surface area (TPSA) is 9.23 Å². The Hall–Kier alpha value is -2.27. The van der Waals surface area contributed by atoms with Crippen LogP contribution in [0.3, 0.4) is 0 Å². The Morgan fingerprint density at radius 1 is 0.944 bits per heavy atom. The molecule has 18 heavy (non-hydrogen) atoms. The van der Waals surface area contributed by atoms with Crippen LogP contribution < -0.4 is 4.74 Å². The van der Waals surface area contributed by atoms with Crippen molar-refractivity contribution in [3.63, 3.8) is 0 Å². The molecule has 2 aromatic rings. The van der Waals surface area contributed by atoms with Gasteiger partial charge in [-0.25, -0.2) is 4.39 Å². The summed E-state index contributed by atoms with van der Waals surface area (Å²) in [4.78, 5) is 0. The third-order valence-corrected chi connectivity index (χ3v) is 2.55. The Labute approximate surface area is 106 Å². The van der Waals surface area contributed by atoms with Crippen LogP contribution >= 0.6 is 0 Å². The molecule has 0 N–H and O–H groups in total. The van der Waals surface area contributed by atoms with E-state index in [1.54, 1.807) is 12.1 Å². The van der Waals surface area contributed by atoms with Gasteiger partial charge in [0, 0.05) is 6.42 Å². The summed E-state index contributed by atoms with van der Waals surface area (Å²) < 4.78 is 18.3. The van der Waals surface area contributed by atoms with Crippen LogP contribution in [0.15, 0.2) is 48.5 Å². The van der Waals surface area contributed by atoms with Gasteiger partial charge >= 0.3 is 0 Å². The van der Waals surface area contributed by atoms with Crippen molar-refractivity contribution in [2.75, 3.05) is 0 Å². The van der Waals surface area contributed by atoms with E-state index in [0.717, 1.165) is 16.9 Å². The van der Waals surface area contributed by atoms with Crippen LogP contribution in [-0.2, 0) is 13.0 Å². The summed E-state index contributed by atoms with van der Waals surface area (Å²) in [7, 11) is 0. The van der Waals surface area contributed by atoms with E-state index in [1.807, 2.05) is 24.3 Å². The molecule has 0 saturated heterocycles. The fraction of sp³-hybridized carbons (Fsp3) is 0.125. The van der Waals surface area contributed by atoms with E-state index in [4.69, 9.17) is 11.2 Å². The predicted octanol–water partition coefficient (Wildman–Crippen LogP) is 3.58. The number of hydrogen-bond acceptors (Lipinski definition) is 1. The van der Waals surface area contributed by atoms with Crippen molar-refractivity contribution < 1.29 is 9.13 Å². The highest BCUT2D eigenvalue weighted by molar-refractivity contribution is 5.29. The number of terminal acetylenes is 1. The molecule has 0 unspecified atom stereocenters. The molecule has 90 valence electrons. The van der Waals surface area contributed by atoms with Gasteiger partial charge in [0.2, 0.25) is 0 Å². The summed E-state index contributed by atoms with van der Waals surface area (Å²) >= 11 is 0. The summed E-state index contributed by atoms with van der Waals surface area (Å²) in [6, 6.07) is 13.9. The highest BCUT2D eigenvalue weighted by Crippen LogP contribution is 2.14. The van der Waals surface area contributed by atoms with E-state index in [-0.39, 0.29) is 5.82 Å². The van der Waals surface area contributed by atoms with E-state index >= 15 is 0 Å². The smallest absolute Gasteiger partial charge is 0.123 e. The van der Waals surface area contributed by atoms with Crippen LogP contribution in [-0.4, -0.2) is 0 Å². The van der Waals surface area contributed by atoms with E-state index in [2.05, 4.69) is 5.92 Å². The molecule has 0 atom stereocenters. The molecular formula is C16H13FO. The molecule has 0 radical (unpaired) electrons. The van der Waals surface area contributed by atoms with Gasteiger partial charge in [0.15, 0.2) is 0 Å². The third-order valence-electron chi connectivity index (χ3n) is 2.55. The molecule has 2 heteroatoms. The predicted molar refractivity (Wildman–Crippen MR) is 69.7 cm³/mol. The van der Waals surface area contributed by atoms with Crippen LogP contribution in [0, 0.1) is 18.2 Å². The zero-order valence-corrected chi connectivity index (χ0v) is 9.90. The fourth-order valence-electron chi connectivity index (χ4n) is 1.57. The fourth-order valence-corrected chi connectivity index (χ4v) is 1.57. The normalized spacial score (nSPS) is 9.78. The SMILES string of the molecule is C#CCc1ccc(OCc2ccc(F)cc2)cc1. The van der Waals surface area contributed by atoms with E-state index < -0.39 is 0 Å². The highest BCUT2D eigenvalue weighted by Gasteiger charge is 1.97. The van der Waals surface area contributed by atoms with Gasteiger partial charge < -0.3 is 4.74 Å². The summed E-state index contributed by atoms with van der Waals surface area (Å²) in [6.45, 7) is 0.425. The molecule has 0 fully saturated rings. The maximum Gasteiger partial charge on any atom is 0.123 e. The number of ether oxygens (including phenoxy) is 1. The zero-order valence-electron chi connectivity index (χ0n) is 9.90. The van der Waals surface area contributed by atoms with Crippen LogP contribution in [0.1, 0.15) is 11.1 Å². The molecule has 1 nitrogen and oxygen atoms in total. The van der Waals surface area contributed by atoms with E-state index in [0.29, 0.717) is 13.0 Å². The maximum atomic E-state index is 12.7. The van der Waals surface area contributed by atoms with E-state index in [1.165, 1.54) is 12.1 Å². The average molecular weight is 240 g/mol. The highest BCUT2D eigenvalue weighted by atomic mass is 19.1. The van der Waals surface area contributed by atoms with Gasteiger partial charge in [0.05, 0.1) is 0 Å². The second-order valence-electron chi connectivity index (χ2n) is 3.94. The summed E-state index contributed by atoms with van der Waals surface area (Å²) in [6.07, 6.45) is 5.86. The van der Waals surface area contributed by atoms with Gasteiger partial charge in [-0.1, -0.05) is 24.3 Å². The Morgan fingerprint density at radius 2 is 1.56 bits per heavy atom. The quantitative estimate of drug-likeness (QED) is 0.742. The van der Waals surface area contributed by atoms with Crippen molar-refractivity contribution in [3.05, 3.63) is 65.5 Å². The van der Waals surface area contributed by atoms with Gasteiger partial charge in [-0.3, -0.25) is 0 Å². The summed E-state index contributed by atoms with van der Waals surface area (Å²) in [5, 5.41) is 0. The van der Waals surface area contributed by atoms with Crippen LogP contribution in [0.2, 0.25) is 0 Å². The lowest BCUT2D eigenvalue weighted by Gasteiger charge is -2.06. The second-order valence-corrected chi connectivity index (χ2v) is 3.94. The molecule has 2 aromatic carbocycles. The van der Waals surface area contributed by atoms with Gasteiger partial charge in [-0.2, -0.15) is 0 Å². The Kier molecular flexibility index (Phi) is 3.98. The standard InChI is InChI=1S/C16H13FO/c1-2-3-13-6-10-16(11-7-13)18-12-14-4-8-15(17)9-5-14/h1,4-11H,3,12H2. The third kappa shape index (κ3) is 3.36. The van der Waals surface area contributed by atoms with Crippen molar-refractivity contribution >= 4 is 0 Å². The first-order valence-corrected chi connectivity index (χ1v) is 5.67. The molecule has 0 spiro atoms. The molecule has 0 aromatic heterocycles. The summed E-state index contributed by atoms with van der Waals surface area (Å²) in [5.74, 6) is 3.13. The first kappa shape index (κ1) is 12.2. The lowest BCUT2D eigenvalue weighted by molar-refractivity contribution is 0.306. The molecular weight excluding hydrogens is 227 g/mol. The second kappa shape index (κ2) is 5.88. The Bertz CT molecular complexity index is 535. The zero-order chi connectivity index (χ0) is 12.8. The Balaban J connectivity index is 1.94. The minimum absolute atomic E-state index is 0.239. The largest absolute Gasteiger partial charge is 0.489 e. The number of hydrogen-bond donors (Lipinski definition) is 0. The monoisotopic (exact) mass is 240 g/mol. The molecule has 0 bridgehead atoms. The number of benzene rings is 2. The van der Waals surface area contributed by atoms with E-state index in [9.17, 15) is 4.39 Å². The van der Waals surface area contributed by atoms with Crippen LogP contribution in [0.5, 0.6) is 5.75 Å². The number of halogens is 1. The first-order chi connectivity index (χ1) is 8.78. The van der Waals surface area contributed by atoms with Crippen molar-refractivity contribution in [3.8, 4) is 18.1 Å². The van der Waals surface area contributed by atoms with Gasteiger partial charge in [0.1, 0.15) is 18.2 Å².